The summed E-state index contributed by atoms with van der Waals surface area (Å²) in [7, 11) is 0. The Morgan fingerprint density at radius 1 is 1.14 bits per heavy atom. The third-order valence-electron chi connectivity index (χ3n) is 3.48. The molecule has 0 radical (unpaired) electrons. The molecule has 2 aromatic carbocycles. The highest BCUT2D eigenvalue weighted by atomic mass is 79.9. The van der Waals surface area contributed by atoms with Gasteiger partial charge in [-0.15, -0.1) is 0 Å². The van der Waals surface area contributed by atoms with Gasteiger partial charge < -0.3 is 14.2 Å². The number of nitrogens with zero attached hydrogens (tertiary/aromatic N) is 1. The van der Waals surface area contributed by atoms with Crippen molar-refractivity contribution >= 4 is 28.1 Å². The number of carbonyl (C=O) groups is 1. The van der Waals surface area contributed by atoms with Gasteiger partial charge in [0.1, 0.15) is 12.4 Å². The van der Waals surface area contributed by atoms with Crippen molar-refractivity contribution in [2.75, 3.05) is 19.8 Å². The van der Waals surface area contributed by atoms with Gasteiger partial charge in [-0.1, -0.05) is 12.7 Å². The Balaban J connectivity index is 2.08. The highest BCUT2D eigenvalue weighted by Crippen LogP contribution is 2.36. The molecule has 0 aliphatic heterocycles. The van der Waals surface area contributed by atoms with Gasteiger partial charge in [0.15, 0.2) is 11.5 Å². The van der Waals surface area contributed by atoms with Crippen LogP contribution in [-0.4, -0.2) is 31.9 Å². The second-order valence-corrected chi connectivity index (χ2v) is 6.37. The van der Waals surface area contributed by atoms with E-state index >= 15 is 0 Å². The van der Waals surface area contributed by atoms with Crippen LogP contribution in [0.3, 0.4) is 0 Å². The van der Waals surface area contributed by atoms with Gasteiger partial charge >= 0.3 is 0 Å². The molecule has 1 amide bonds. The normalized spacial score (nSPS) is 10.5. The van der Waals surface area contributed by atoms with Crippen molar-refractivity contribution in [1.82, 2.24) is 5.43 Å². The summed E-state index contributed by atoms with van der Waals surface area (Å²) in [5, 5.41) is 4.02. The lowest BCUT2D eigenvalue weighted by Gasteiger charge is -2.13. The van der Waals surface area contributed by atoms with Crippen molar-refractivity contribution in [1.29, 1.82) is 0 Å². The van der Waals surface area contributed by atoms with Crippen molar-refractivity contribution in [3.8, 4) is 17.2 Å². The summed E-state index contributed by atoms with van der Waals surface area (Å²) in [6, 6.07) is 10.5. The van der Waals surface area contributed by atoms with Gasteiger partial charge in [-0.05, 0) is 71.7 Å². The fraction of sp³-hybridized carbons (Fsp3) is 0.238. The third kappa shape index (κ3) is 6.13. The van der Waals surface area contributed by atoms with Gasteiger partial charge in [0, 0.05) is 5.56 Å². The number of halogens is 1. The van der Waals surface area contributed by atoms with Crippen LogP contribution in [0.1, 0.15) is 29.8 Å². The SMILES string of the molecule is C=CCOc1c(Br)cc(/C=N/NC(=O)c2ccc(OCC)cc2)cc1OCC. The summed E-state index contributed by atoms with van der Waals surface area (Å²) in [5.74, 6) is 1.58. The first-order chi connectivity index (χ1) is 13.6. The molecule has 1 N–H and O–H groups in total. The second-order valence-electron chi connectivity index (χ2n) is 5.52. The highest BCUT2D eigenvalue weighted by Gasteiger charge is 2.11. The second kappa shape index (κ2) is 11.1. The van der Waals surface area contributed by atoms with Gasteiger partial charge in [0.05, 0.1) is 23.9 Å². The minimum Gasteiger partial charge on any atom is -0.494 e. The van der Waals surface area contributed by atoms with Gasteiger partial charge in [0.2, 0.25) is 0 Å². The fourth-order valence-electron chi connectivity index (χ4n) is 2.31. The first-order valence-corrected chi connectivity index (χ1v) is 9.64. The van der Waals surface area contributed by atoms with Gasteiger partial charge in [-0.3, -0.25) is 4.79 Å². The summed E-state index contributed by atoms with van der Waals surface area (Å²) in [6.45, 7) is 8.88. The van der Waals surface area contributed by atoms with E-state index < -0.39 is 0 Å². The molecule has 2 aromatic rings. The van der Waals surface area contributed by atoms with E-state index in [1.165, 1.54) is 6.21 Å². The summed E-state index contributed by atoms with van der Waals surface area (Å²) in [6.07, 6.45) is 3.20. The smallest absolute Gasteiger partial charge is 0.271 e. The number of rotatable bonds is 10. The quantitative estimate of drug-likeness (QED) is 0.329. The van der Waals surface area contributed by atoms with Crippen LogP contribution in [0.5, 0.6) is 17.2 Å². The zero-order chi connectivity index (χ0) is 20.4. The Hall–Kier alpha value is -2.80. The molecule has 0 aliphatic carbocycles. The van der Waals surface area contributed by atoms with Crippen molar-refractivity contribution < 1.29 is 19.0 Å². The number of amides is 1. The number of benzene rings is 2. The molecule has 28 heavy (non-hydrogen) atoms. The first-order valence-electron chi connectivity index (χ1n) is 8.85. The van der Waals surface area contributed by atoms with Crippen LogP contribution in [0.25, 0.3) is 0 Å². The zero-order valence-corrected chi connectivity index (χ0v) is 17.5. The number of hydrogen-bond donors (Lipinski definition) is 1. The van der Waals surface area contributed by atoms with E-state index in [0.29, 0.717) is 36.9 Å². The molecule has 0 spiro atoms. The number of ether oxygens (including phenoxy) is 3. The molecule has 0 saturated carbocycles. The predicted octanol–water partition coefficient (Wildman–Crippen LogP) is 4.58. The number of carbonyl (C=O) groups excluding carboxylic acids is 1. The molecule has 0 heterocycles. The minimum absolute atomic E-state index is 0.311. The molecule has 0 bridgehead atoms. The molecule has 0 fully saturated rings. The maximum absolute atomic E-state index is 12.2. The summed E-state index contributed by atoms with van der Waals surface area (Å²) in [4.78, 5) is 12.2. The summed E-state index contributed by atoms with van der Waals surface area (Å²) in [5.41, 5.74) is 3.74. The monoisotopic (exact) mass is 446 g/mol. The van der Waals surface area contributed by atoms with Crippen LogP contribution in [0.15, 0.2) is 58.6 Å². The average molecular weight is 447 g/mol. The largest absolute Gasteiger partial charge is 0.494 e. The Bertz CT molecular complexity index is 835. The Labute approximate surface area is 173 Å². The molecule has 0 saturated heterocycles. The molecular weight excluding hydrogens is 424 g/mol. The van der Waals surface area contributed by atoms with Crippen molar-refractivity contribution in [2.45, 2.75) is 13.8 Å². The van der Waals surface area contributed by atoms with E-state index in [4.69, 9.17) is 14.2 Å². The van der Waals surface area contributed by atoms with E-state index in [1.54, 1.807) is 36.4 Å². The topological polar surface area (TPSA) is 69.2 Å². The average Bonchev–Trinajstić information content (AvgIpc) is 2.68. The molecular formula is C21H23BrN2O4. The number of nitrogens with one attached hydrogen (secondary N) is 1. The lowest BCUT2D eigenvalue weighted by molar-refractivity contribution is 0.0955. The number of hydrazone groups is 1. The van der Waals surface area contributed by atoms with Crippen LogP contribution in [0, 0.1) is 0 Å². The van der Waals surface area contributed by atoms with Crippen LogP contribution in [0.4, 0.5) is 0 Å². The first kappa shape index (κ1) is 21.5. The number of hydrogen-bond acceptors (Lipinski definition) is 5. The molecule has 0 aliphatic rings. The Morgan fingerprint density at radius 3 is 2.50 bits per heavy atom. The minimum atomic E-state index is -0.311. The van der Waals surface area contributed by atoms with Crippen LogP contribution < -0.4 is 19.6 Å². The third-order valence-corrected chi connectivity index (χ3v) is 4.07. The maximum Gasteiger partial charge on any atom is 0.271 e. The van der Waals surface area contributed by atoms with E-state index in [-0.39, 0.29) is 5.91 Å². The lowest BCUT2D eigenvalue weighted by atomic mass is 10.2. The molecule has 2 rings (SSSR count). The molecule has 6 nitrogen and oxygen atoms in total. The highest BCUT2D eigenvalue weighted by molar-refractivity contribution is 9.10. The van der Waals surface area contributed by atoms with Crippen LogP contribution in [0.2, 0.25) is 0 Å². The Morgan fingerprint density at radius 2 is 1.86 bits per heavy atom. The van der Waals surface area contributed by atoms with Crippen molar-refractivity contribution in [2.24, 2.45) is 5.10 Å². The molecule has 148 valence electrons. The van der Waals surface area contributed by atoms with E-state index in [9.17, 15) is 4.79 Å². The van der Waals surface area contributed by atoms with E-state index in [1.807, 2.05) is 19.9 Å². The van der Waals surface area contributed by atoms with Crippen LogP contribution in [-0.2, 0) is 0 Å². The predicted molar refractivity (Wildman–Crippen MR) is 114 cm³/mol. The lowest BCUT2D eigenvalue weighted by Crippen LogP contribution is -2.17. The van der Waals surface area contributed by atoms with Gasteiger partial charge in [-0.25, -0.2) is 5.43 Å². The maximum atomic E-state index is 12.2. The fourth-order valence-corrected chi connectivity index (χ4v) is 2.88. The molecule has 0 unspecified atom stereocenters. The molecule has 0 aromatic heterocycles. The van der Waals surface area contributed by atoms with Crippen LogP contribution >= 0.6 is 15.9 Å². The molecule has 7 heteroatoms. The zero-order valence-electron chi connectivity index (χ0n) is 15.9. The van der Waals surface area contributed by atoms with E-state index in [2.05, 4.69) is 33.0 Å². The van der Waals surface area contributed by atoms with E-state index in [0.717, 1.165) is 15.8 Å². The standard InChI is InChI=1S/C21H23BrN2O4/c1-4-11-28-20-18(22)12-15(13-19(20)27-6-3)14-23-24-21(25)16-7-9-17(10-8-16)26-5-2/h4,7-10,12-14H,1,5-6,11H2,2-3H3,(H,24,25)/b23-14+. The Kier molecular flexibility index (Phi) is 8.55. The van der Waals surface area contributed by atoms with Gasteiger partial charge in [-0.2, -0.15) is 5.10 Å². The molecule has 0 atom stereocenters. The summed E-state index contributed by atoms with van der Waals surface area (Å²) >= 11 is 3.48. The summed E-state index contributed by atoms with van der Waals surface area (Å²) < 4.78 is 17.4. The van der Waals surface area contributed by atoms with Gasteiger partial charge in [0.25, 0.3) is 5.91 Å². The van der Waals surface area contributed by atoms with Crippen molar-refractivity contribution in [3.05, 3.63) is 64.7 Å². The van der Waals surface area contributed by atoms with Crippen molar-refractivity contribution in [3.63, 3.8) is 0 Å².